The third-order valence-electron chi connectivity index (χ3n) is 2.30. The van der Waals surface area contributed by atoms with Crippen molar-refractivity contribution in [3.8, 4) is 0 Å². The van der Waals surface area contributed by atoms with Gasteiger partial charge in [-0.25, -0.2) is 4.39 Å². The van der Waals surface area contributed by atoms with Crippen molar-refractivity contribution in [2.45, 2.75) is 19.8 Å². The van der Waals surface area contributed by atoms with Crippen LogP contribution in [0.25, 0.3) is 0 Å². The quantitative estimate of drug-likeness (QED) is 0.808. The smallest absolute Gasteiger partial charge is 0.323 e. The molecule has 16 heavy (non-hydrogen) atoms. The zero-order chi connectivity index (χ0) is 12.0. The van der Waals surface area contributed by atoms with E-state index in [4.69, 9.17) is 5.11 Å². The van der Waals surface area contributed by atoms with Crippen LogP contribution in [0.15, 0.2) is 24.3 Å². The first-order valence-electron chi connectivity index (χ1n) is 5.35. The molecule has 88 valence electrons. The Bertz CT molecular complexity index is 337. The van der Waals surface area contributed by atoms with Gasteiger partial charge < -0.3 is 10.0 Å². The first-order valence-corrected chi connectivity index (χ1v) is 5.35. The van der Waals surface area contributed by atoms with Crippen LogP contribution >= 0.6 is 0 Å². The van der Waals surface area contributed by atoms with Crippen LogP contribution in [-0.4, -0.2) is 24.2 Å². The van der Waals surface area contributed by atoms with E-state index in [1.54, 1.807) is 17.0 Å². The molecule has 0 amide bonds. The van der Waals surface area contributed by atoms with Crippen molar-refractivity contribution in [1.82, 2.24) is 0 Å². The Morgan fingerprint density at radius 2 is 2.00 bits per heavy atom. The molecule has 0 spiro atoms. The summed E-state index contributed by atoms with van der Waals surface area (Å²) >= 11 is 0. The fourth-order valence-electron chi connectivity index (χ4n) is 1.46. The Morgan fingerprint density at radius 3 is 2.50 bits per heavy atom. The van der Waals surface area contributed by atoms with E-state index in [2.05, 4.69) is 0 Å². The van der Waals surface area contributed by atoms with Crippen LogP contribution in [0.4, 0.5) is 10.1 Å². The second kappa shape index (κ2) is 6.10. The number of nitrogens with zero attached hydrogens (tertiary/aromatic N) is 1. The minimum Gasteiger partial charge on any atom is -0.480 e. The number of carboxylic acids is 1. The molecule has 1 aromatic carbocycles. The molecule has 0 heterocycles. The lowest BCUT2D eigenvalue weighted by molar-refractivity contribution is -0.135. The van der Waals surface area contributed by atoms with Gasteiger partial charge in [0.2, 0.25) is 0 Å². The summed E-state index contributed by atoms with van der Waals surface area (Å²) in [7, 11) is 0. The maximum absolute atomic E-state index is 12.7. The van der Waals surface area contributed by atoms with E-state index in [-0.39, 0.29) is 12.4 Å². The molecule has 0 aliphatic rings. The second-order valence-electron chi connectivity index (χ2n) is 3.65. The number of carbonyl (C=O) groups is 1. The van der Waals surface area contributed by atoms with E-state index in [1.165, 1.54) is 12.1 Å². The maximum Gasteiger partial charge on any atom is 0.323 e. The minimum absolute atomic E-state index is 0.0500. The standard InChI is InChI=1S/C12H16FNO2/c1-2-3-8-14(9-12(15)16)11-6-4-10(13)5-7-11/h4-7H,2-3,8-9H2,1H3,(H,15,16). The predicted molar refractivity (Wildman–Crippen MR) is 61.2 cm³/mol. The molecule has 0 radical (unpaired) electrons. The number of halogens is 1. The van der Waals surface area contributed by atoms with Crippen molar-refractivity contribution in [1.29, 1.82) is 0 Å². The fourth-order valence-corrected chi connectivity index (χ4v) is 1.46. The molecule has 0 bridgehead atoms. The summed E-state index contributed by atoms with van der Waals surface area (Å²) in [5.41, 5.74) is 0.747. The van der Waals surface area contributed by atoms with Crippen LogP contribution in [0.1, 0.15) is 19.8 Å². The Hall–Kier alpha value is -1.58. The zero-order valence-corrected chi connectivity index (χ0v) is 9.32. The molecule has 0 saturated carbocycles. The normalized spacial score (nSPS) is 10.1. The third-order valence-corrected chi connectivity index (χ3v) is 2.30. The van der Waals surface area contributed by atoms with Crippen molar-refractivity contribution in [2.24, 2.45) is 0 Å². The van der Waals surface area contributed by atoms with Crippen molar-refractivity contribution in [3.63, 3.8) is 0 Å². The molecule has 0 aromatic heterocycles. The molecule has 3 nitrogen and oxygen atoms in total. The SMILES string of the molecule is CCCCN(CC(=O)O)c1ccc(F)cc1. The van der Waals surface area contributed by atoms with Crippen molar-refractivity contribution in [3.05, 3.63) is 30.1 Å². The number of unbranched alkanes of at least 4 members (excludes halogenated alkanes) is 1. The number of hydrogen-bond donors (Lipinski definition) is 1. The summed E-state index contributed by atoms with van der Waals surface area (Å²) in [5.74, 6) is -1.19. The summed E-state index contributed by atoms with van der Waals surface area (Å²) in [6, 6.07) is 5.90. The van der Waals surface area contributed by atoms with Crippen LogP contribution in [0.2, 0.25) is 0 Å². The molecule has 0 atom stereocenters. The van der Waals surface area contributed by atoms with Gasteiger partial charge in [-0.15, -0.1) is 0 Å². The fraction of sp³-hybridized carbons (Fsp3) is 0.417. The summed E-state index contributed by atoms with van der Waals surface area (Å²) in [6.07, 6.45) is 1.92. The Labute approximate surface area is 94.5 Å². The molecule has 0 aliphatic heterocycles. The first-order chi connectivity index (χ1) is 7.63. The molecule has 0 saturated heterocycles. The van der Waals surface area contributed by atoms with Gasteiger partial charge in [-0.3, -0.25) is 4.79 Å². The van der Waals surface area contributed by atoms with E-state index >= 15 is 0 Å². The molecular weight excluding hydrogens is 209 g/mol. The number of hydrogen-bond acceptors (Lipinski definition) is 2. The Kier molecular flexibility index (Phi) is 4.76. The first kappa shape index (κ1) is 12.5. The molecule has 1 N–H and O–H groups in total. The molecule has 1 aromatic rings. The summed E-state index contributed by atoms with van der Waals surface area (Å²) in [4.78, 5) is 12.4. The van der Waals surface area contributed by atoms with Crippen LogP contribution in [0.5, 0.6) is 0 Å². The van der Waals surface area contributed by atoms with E-state index in [0.29, 0.717) is 6.54 Å². The van der Waals surface area contributed by atoms with Crippen LogP contribution in [0.3, 0.4) is 0 Å². The third kappa shape index (κ3) is 3.88. The lowest BCUT2D eigenvalue weighted by Gasteiger charge is -2.22. The predicted octanol–water partition coefficient (Wildman–Crippen LogP) is 2.52. The highest BCUT2D eigenvalue weighted by molar-refractivity contribution is 5.73. The van der Waals surface area contributed by atoms with Gasteiger partial charge in [0.05, 0.1) is 0 Å². The highest BCUT2D eigenvalue weighted by atomic mass is 19.1. The largest absolute Gasteiger partial charge is 0.480 e. The van der Waals surface area contributed by atoms with E-state index < -0.39 is 5.97 Å². The Balaban J connectivity index is 2.74. The van der Waals surface area contributed by atoms with Gasteiger partial charge in [0, 0.05) is 12.2 Å². The van der Waals surface area contributed by atoms with E-state index in [9.17, 15) is 9.18 Å². The molecular formula is C12H16FNO2. The second-order valence-corrected chi connectivity index (χ2v) is 3.65. The number of aliphatic carboxylic acids is 1. The van der Waals surface area contributed by atoms with Gasteiger partial charge in [-0.05, 0) is 30.7 Å². The highest BCUT2D eigenvalue weighted by Gasteiger charge is 2.09. The summed E-state index contributed by atoms with van der Waals surface area (Å²) < 4.78 is 12.7. The maximum atomic E-state index is 12.7. The van der Waals surface area contributed by atoms with Crippen molar-refractivity contribution < 1.29 is 14.3 Å². The molecule has 0 fully saturated rings. The molecule has 1 rings (SSSR count). The van der Waals surface area contributed by atoms with Crippen LogP contribution in [-0.2, 0) is 4.79 Å². The van der Waals surface area contributed by atoms with Gasteiger partial charge in [0.25, 0.3) is 0 Å². The molecule has 0 unspecified atom stereocenters. The minimum atomic E-state index is -0.875. The van der Waals surface area contributed by atoms with Crippen molar-refractivity contribution in [2.75, 3.05) is 18.0 Å². The van der Waals surface area contributed by atoms with Crippen LogP contribution < -0.4 is 4.90 Å². The number of anilines is 1. The average Bonchev–Trinajstić information content (AvgIpc) is 2.25. The highest BCUT2D eigenvalue weighted by Crippen LogP contribution is 2.15. The average molecular weight is 225 g/mol. The monoisotopic (exact) mass is 225 g/mol. The topological polar surface area (TPSA) is 40.5 Å². The Morgan fingerprint density at radius 1 is 1.38 bits per heavy atom. The van der Waals surface area contributed by atoms with Gasteiger partial charge in [0.15, 0.2) is 0 Å². The van der Waals surface area contributed by atoms with Gasteiger partial charge in [0.1, 0.15) is 12.4 Å². The van der Waals surface area contributed by atoms with Gasteiger partial charge in [-0.1, -0.05) is 13.3 Å². The summed E-state index contributed by atoms with van der Waals surface area (Å²) in [5, 5.41) is 8.78. The molecule has 0 aliphatic carbocycles. The lowest BCUT2D eigenvalue weighted by atomic mass is 10.2. The van der Waals surface area contributed by atoms with Gasteiger partial charge >= 0.3 is 5.97 Å². The number of benzene rings is 1. The van der Waals surface area contributed by atoms with Gasteiger partial charge in [-0.2, -0.15) is 0 Å². The molecule has 4 heteroatoms. The van der Waals surface area contributed by atoms with Crippen molar-refractivity contribution >= 4 is 11.7 Å². The zero-order valence-electron chi connectivity index (χ0n) is 9.32. The van der Waals surface area contributed by atoms with E-state index in [1.807, 2.05) is 6.92 Å². The number of carboxylic acid groups (broad SMARTS) is 1. The van der Waals surface area contributed by atoms with E-state index in [0.717, 1.165) is 18.5 Å². The van der Waals surface area contributed by atoms with Crippen LogP contribution in [0, 0.1) is 5.82 Å². The lowest BCUT2D eigenvalue weighted by Crippen LogP contribution is -2.30. The summed E-state index contributed by atoms with van der Waals surface area (Å²) in [6.45, 7) is 2.67. The number of rotatable bonds is 6.